The molecule has 4 rings (SSSR count). The number of fused-ring (bicyclic) bond motifs is 1. The fraction of sp³-hybridized carbons (Fsp3) is 0.407. The molecule has 1 fully saturated rings. The highest BCUT2D eigenvalue weighted by Crippen LogP contribution is 2.36. The van der Waals surface area contributed by atoms with Crippen molar-refractivity contribution >= 4 is 28.8 Å². The monoisotopic (exact) mass is 492 g/mol. The van der Waals surface area contributed by atoms with Crippen molar-refractivity contribution in [3.63, 3.8) is 0 Å². The van der Waals surface area contributed by atoms with Crippen molar-refractivity contribution in [2.45, 2.75) is 32.7 Å². The van der Waals surface area contributed by atoms with Gasteiger partial charge >= 0.3 is 5.97 Å². The van der Waals surface area contributed by atoms with E-state index in [-0.39, 0.29) is 18.8 Å². The van der Waals surface area contributed by atoms with Crippen LogP contribution < -0.4 is 10.1 Å². The third-order valence-corrected chi connectivity index (χ3v) is 6.09. The molecule has 1 N–H and O–H groups in total. The molecule has 2 heterocycles. The van der Waals surface area contributed by atoms with Gasteiger partial charge in [0.25, 0.3) is 0 Å². The number of nitrogens with zero attached hydrogens (tertiary/aromatic N) is 3. The molecule has 0 spiro atoms. The highest BCUT2D eigenvalue weighted by atomic mass is 16.7. The van der Waals surface area contributed by atoms with Gasteiger partial charge in [-0.15, -0.1) is 10.2 Å². The third-order valence-electron chi connectivity index (χ3n) is 6.09. The summed E-state index contributed by atoms with van der Waals surface area (Å²) < 4.78 is 16.3. The lowest BCUT2D eigenvalue weighted by molar-refractivity contribution is -0.144. The molecule has 190 valence electrons. The maximum Gasteiger partial charge on any atom is 0.320 e. The van der Waals surface area contributed by atoms with Crippen molar-refractivity contribution < 1.29 is 23.8 Å². The molecule has 1 aliphatic heterocycles. The van der Waals surface area contributed by atoms with Crippen LogP contribution in [0.4, 0.5) is 5.82 Å². The number of benzene rings is 2. The van der Waals surface area contributed by atoms with E-state index in [4.69, 9.17) is 14.2 Å². The largest absolute Gasteiger partial charge is 0.467 e. The van der Waals surface area contributed by atoms with Crippen molar-refractivity contribution in [1.82, 2.24) is 15.1 Å². The zero-order valence-corrected chi connectivity index (χ0v) is 20.7. The van der Waals surface area contributed by atoms with E-state index in [1.54, 1.807) is 12.1 Å². The fourth-order valence-corrected chi connectivity index (χ4v) is 4.42. The van der Waals surface area contributed by atoms with Crippen molar-refractivity contribution in [2.24, 2.45) is 0 Å². The van der Waals surface area contributed by atoms with Crippen LogP contribution in [0.1, 0.15) is 37.0 Å². The summed E-state index contributed by atoms with van der Waals surface area (Å²) in [5.41, 5.74) is 1.90. The number of esters is 1. The zero-order chi connectivity index (χ0) is 25.3. The summed E-state index contributed by atoms with van der Waals surface area (Å²) in [4.78, 5) is 25.4. The maximum absolute atomic E-state index is 11.9. The van der Waals surface area contributed by atoms with Gasteiger partial charge < -0.3 is 19.5 Å². The van der Waals surface area contributed by atoms with Crippen LogP contribution in [-0.2, 0) is 14.3 Å². The molecule has 0 saturated carbocycles. The Bertz CT molecular complexity index is 1200. The molecular weight excluding hydrogens is 460 g/mol. The number of anilines is 1. The van der Waals surface area contributed by atoms with Gasteiger partial charge in [0.1, 0.15) is 17.7 Å². The number of piperidine rings is 1. The van der Waals surface area contributed by atoms with Crippen molar-refractivity contribution in [1.29, 1.82) is 0 Å². The van der Waals surface area contributed by atoms with E-state index in [0.717, 1.165) is 48.6 Å². The standard InChI is InChI=1S/C27H32N4O5/c1-3-34-18-36-24-14-19(17-32)11-12-23(24)26-21-9-5-6-10-22(21)27(30-29-26)28-20-8-7-13-31(15-20)16-25(33)35-4-2/h5-6,9-12,14,17,20H,3-4,7-8,13,15-16,18H2,1-2H3,(H,28,30)/t20-/m1/s1. The molecule has 36 heavy (non-hydrogen) atoms. The van der Waals surface area contributed by atoms with E-state index in [1.165, 1.54) is 0 Å². The summed E-state index contributed by atoms with van der Waals surface area (Å²) >= 11 is 0. The summed E-state index contributed by atoms with van der Waals surface area (Å²) in [6.07, 6.45) is 2.73. The quantitative estimate of drug-likeness (QED) is 0.185. The van der Waals surface area contributed by atoms with Crippen LogP contribution in [0.5, 0.6) is 5.75 Å². The van der Waals surface area contributed by atoms with Crippen molar-refractivity contribution in [3.05, 3.63) is 48.0 Å². The molecule has 1 aromatic heterocycles. The molecule has 1 atom stereocenters. The first kappa shape index (κ1) is 25.5. The van der Waals surface area contributed by atoms with Crippen LogP contribution in [0.25, 0.3) is 22.0 Å². The first-order valence-corrected chi connectivity index (χ1v) is 12.3. The molecule has 9 nitrogen and oxygen atoms in total. The summed E-state index contributed by atoms with van der Waals surface area (Å²) in [5.74, 6) is 1.00. The van der Waals surface area contributed by atoms with Crippen molar-refractivity contribution in [3.8, 4) is 17.0 Å². The minimum Gasteiger partial charge on any atom is -0.467 e. The topological polar surface area (TPSA) is 103 Å². The lowest BCUT2D eigenvalue weighted by atomic mass is 10.0. The van der Waals surface area contributed by atoms with Gasteiger partial charge in [0, 0.05) is 41.1 Å². The normalized spacial score (nSPS) is 16.0. The Hall–Kier alpha value is -3.56. The number of hydrogen-bond acceptors (Lipinski definition) is 9. The summed E-state index contributed by atoms with van der Waals surface area (Å²) in [6, 6.07) is 13.3. The third kappa shape index (κ3) is 6.16. The molecular formula is C27H32N4O5. The summed E-state index contributed by atoms with van der Waals surface area (Å²) in [6.45, 7) is 6.56. The average Bonchev–Trinajstić information content (AvgIpc) is 2.89. The Morgan fingerprint density at radius 3 is 2.75 bits per heavy atom. The minimum absolute atomic E-state index is 0.0702. The predicted octanol–water partition coefficient (Wildman–Crippen LogP) is 3.92. The van der Waals surface area contributed by atoms with Crippen LogP contribution in [-0.4, -0.2) is 73.0 Å². The minimum atomic E-state index is -0.198. The smallest absolute Gasteiger partial charge is 0.320 e. The number of rotatable bonds is 11. The van der Waals surface area contributed by atoms with Gasteiger partial charge in [0.05, 0.1) is 13.2 Å². The van der Waals surface area contributed by atoms with E-state index < -0.39 is 0 Å². The van der Waals surface area contributed by atoms with E-state index in [1.807, 2.05) is 44.2 Å². The maximum atomic E-state index is 11.9. The second kappa shape index (κ2) is 12.4. The number of likely N-dealkylation sites (tertiary alicyclic amines) is 1. The van der Waals surface area contributed by atoms with E-state index in [0.29, 0.717) is 42.6 Å². The number of carbonyl (C=O) groups is 2. The molecule has 2 aromatic carbocycles. The molecule has 1 saturated heterocycles. The van der Waals surface area contributed by atoms with Gasteiger partial charge in [-0.2, -0.15) is 0 Å². The van der Waals surface area contributed by atoms with Crippen LogP contribution in [0.2, 0.25) is 0 Å². The SMILES string of the molecule is CCOCOc1cc(C=O)ccc1-c1nnc(N[C@@H]2CCCN(CC(=O)OCC)C2)c2ccccc12. The highest BCUT2D eigenvalue weighted by Gasteiger charge is 2.24. The van der Waals surface area contributed by atoms with Crippen LogP contribution in [0.15, 0.2) is 42.5 Å². The van der Waals surface area contributed by atoms with Crippen molar-refractivity contribution in [2.75, 3.05) is 45.0 Å². The number of ether oxygens (including phenoxy) is 3. The van der Waals surface area contributed by atoms with Crippen LogP contribution in [0.3, 0.4) is 0 Å². The number of aldehydes is 1. The molecule has 0 unspecified atom stereocenters. The average molecular weight is 493 g/mol. The number of carbonyl (C=O) groups excluding carboxylic acids is 2. The van der Waals surface area contributed by atoms with Gasteiger partial charge in [-0.25, -0.2) is 0 Å². The number of nitrogens with one attached hydrogen (secondary N) is 1. The lowest BCUT2D eigenvalue weighted by Gasteiger charge is -2.32. The Morgan fingerprint density at radius 2 is 1.97 bits per heavy atom. The fourth-order valence-electron chi connectivity index (χ4n) is 4.42. The Kier molecular flexibility index (Phi) is 8.80. The molecule has 0 aliphatic carbocycles. The molecule has 0 amide bonds. The van der Waals surface area contributed by atoms with Crippen LogP contribution >= 0.6 is 0 Å². The summed E-state index contributed by atoms with van der Waals surface area (Å²) in [5, 5.41) is 14.5. The first-order valence-electron chi connectivity index (χ1n) is 12.3. The van der Waals surface area contributed by atoms with Gasteiger partial charge in [0.2, 0.25) is 0 Å². The van der Waals surface area contributed by atoms with E-state index >= 15 is 0 Å². The highest BCUT2D eigenvalue weighted by molar-refractivity contribution is 6.01. The Morgan fingerprint density at radius 1 is 1.14 bits per heavy atom. The van der Waals surface area contributed by atoms with Gasteiger partial charge in [0.15, 0.2) is 12.6 Å². The van der Waals surface area contributed by atoms with Gasteiger partial charge in [-0.3, -0.25) is 14.5 Å². The second-order valence-electron chi connectivity index (χ2n) is 8.59. The Balaban J connectivity index is 1.61. The van der Waals surface area contributed by atoms with Gasteiger partial charge in [-0.1, -0.05) is 30.3 Å². The van der Waals surface area contributed by atoms with E-state index in [2.05, 4.69) is 20.4 Å². The Labute approximate surface area is 210 Å². The zero-order valence-electron chi connectivity index (χ0n) is 20.7. The molecule has 3 aromatic rings. The number of aromatic nitrogens is 2. The molecule has 9 heteroatoms. The van der Waals surface area contributed by atoms with Crippen LogP contribution in [0, 0.1) is 0 Å². The number of hydrogen-bond donors (Lipinski definition) is 1. The predicted molar refractivity (Wildman–Crippen MR) is 137 cm³/mol. The van der Waals surface area contributed by atoms with Gasteiger partial charge in [-0.05, 0) is 45.4 Å². The molecule has 0 radical (unpaired) electrons. The summed E-state index contributed by atoms with van der Waals surface area (Å²) in [7, 11) is 0. The van der Waals surface area contributed by atoms with E-state index in [9.17, 15) is 9.59 Å². The molecule has 1 aliphatic rings. The molecule has 0 bridgehead atoms. The first-order chi connectivity index (χ1) is 17.6. The second-order valence-corrected chi connectivity index (χ2v) is 8.59. The lowest BCUT2D eigenvalue weighted by Crippen LogP contribution is -2.44.